The molecule has 0 saturated carbocycles. The van der Waals surface area contributed by atoms with Crippen molar-refractivity contribution < 1.29 is 18.6 Å². The van der Waals surface area contributed by atoms with Crippen molar-refractivity contribution in [2.24, 2.45) is 7.05 Å². The van der Waals surface area contributed by atoms with Gasteiger partial charge in [0.2, 0.25) is 5.95 Å². The maximum absolute atomic E-state index is 12.9. The fourth-order valence-electron chi connectivity index (χ4n) is 2.97. The van der Waals surface area contributed by atoms with Crippen molar-refractivity contribution in [1.29, 1.82) is 0 Å². The molecule has 2 aromatic heterocycles. The Hall–Kier alpha value is -2.21. The first-order chi connectivity index (χ1) is 13.8. The van der Waals surface area contributed by atoms with E-state index in [2.05, 4.69) is 46.4 Å². The van der Waals surface area contributed by atoms with E-state index in [9.17, 15) is 13.9 Å². The Labute approximate surface area is 177 Å². The third-order valence-corrected chi connectivity index (χ3v) is 7.86. The minimum atomic E-state index is -3.36. The number of carbonyl (C=O) groups is 1. The summed E-state index contributed by atoms with van der Waals surface area (Å²) in [6, 6.07) is 1.92. The second-order valence-corrected chi connectivity index (χ2v) is 11.4. The number of nitrogens with zero attached hydrogens (tertiary/aromatic N) is 4. The largest absolute Gasteiger partial charge is 0.377 e. The Bertz CT molecular complexity index is 970. The highest BCUT2D eigenvalue weighted by Gasteiger charge is 2.44. The Morgan fingerprint density at radius 2 is 2.00 bits per heavy atom. The number of hydrogen-bond donors (Lipinski definition) is 4. The fourth-order valence-corrected chi connectivity index (χ4v) is 4.60. The number of amides is 1. The molecule has 0 bridgehead atoms. The molecule has 0 unspecified atom stereocenters. The first-order valence-electron chi connectivity index (χ1n) is 9.67. The lowest BCUT2D eigenvalue weighted by atomic mass is 9.92. The van der Waals surface area contributed by atoms with Gasteiger partial charge in [-0.1, -0.05) is 20.8 Å². The van der Waals surface area contributed by atoms with Crippen molar-refractivity contribution in [2.45, 2.75) is 51.2 Å². The Morgan fingerprint density at radius 1 is 1.30 bits per heavy atom. The average molecular weight is 439 g/mol. The molecule has 2 aromatic rings. The van der Waals surface area contributed by atoms with Crippen LogP contribution in [0.3, 0.4) is 0 Å². The second-order valence-electron chi connectivity index (χ2n) is 8.80. The van der Waals surface area contributed by atoms with Gasteiger partial charge in [0.25, 0.3) is 5.91 Å². The van der Waals surface area contributed by atoms with E-state index in [1.807, 2.05) is 13.1 Å². The molecular formula is C19H30N6O4S. The number of aromatic nitrogens is 5. The highest BCUT2D eigenvalue weighted by atomic mass is 32.3. The van der Waals surface area contributed by atoms with Crippen molar-refractivity contribution in [1.82, 2.24) is 25.0 Å². The molecule has 0 saturated heterocycles. The normalized spacial score (nSPS) is 16.3. The van der Waals surface area contributed by atoms with E-state index in [0.29, 0.717) is 30.4 Å². The molecule has 0 radical (unpaired) electrons. The fraction of sp³-hybridized carbons (Fsp3) is 0.579. The van der Waals surface area contributed by atoms with Crippen LogP contribution in [-0.2, 0) is 22.0 Å². The third-order valence-electron chi connectivity index (χ3n) is 5.15. The van der Waals surface area contributed by atoms with Crippen LogP contribution >= 0.6 is 10.6 Å². The predicted molar refractivity (Wildman–Crippen MR) is 116 cm³/mol. The number of H-pyrrole nitrogens is 1. The molecular weight excluding hydrogens is 408 g/mol. The van der Waals surface area contributed by atoms with Crippen molar-refractivity contribution in [2.75, 3.05) is 18.5 Å². The number of anilines is 1. The van der Waals surface area contributed by atoms with Crippen LogP contribution in [0.25, 0.3) is 11.5 Å². The first-order valence-corrected chi connectivity index (χ1v) is 11.2. The van der Waals surface area contributed by atoms with Crippen molar-refractivity contribution in [3.05, 3.63) is 22.7 Å². The maximum Gasteiger partial charge on any atom is 0.252 e. The zero-order chi connectivity index (χ0) is 22.3. The van der Waals surface area contributed by atoms with Crippen LogP contribution in [0.1, 0.15) is 46.7 Å². The highest BCUT2D eigenvalue weighted by Crippen LogP contribution is 2.60. The van der Waals surface area contributed by atoms with Crippen molar-refractivity contribution >= 4 is 22.4 Å². The minimum absolute atomic E-state index is 0.0535. The van der Waals surface area contributed by atoms with Crippen LogP contribution in [0.4, 0.5) is 5.95 Å². The van der Waals surface area contributed by atoms with Gasteiger partial charge in [-0.2, -0.15) is 20.7 Å². The summed E-state index contributed by atoms with van der Waals surface area (Å²) < 4.78 is 27.1. The van der Waals surface area contributed by atoms with Crippen LogP contribution in [0, 0.1) is 0 Å². The summed E-state index contributed by atoms with van der Waals surface area (Å²) in [5.41, 5.74) is 1.51. The number of nitrogens with one attached hydrogen (secondary N) is 2. The Morgan fingerprint density at radius 3 is 2.57 bits per heavy atom. The lowest BCUT2D eigenvalue weighted by Crippen LogP contribution is -2.42. The second kappa shape index (κ2) is 7.80. The Balaban J connectivity index is 1.79. The van der Waals surface area contributed by atoms with E-state index in [4.69, 9.17) is 4.74 Å². The van der Waals surface area contributed by atoms with Gasteiger partial charge in [0.1, 0.15) is 10.4 Å². The summed E-state index contributed by atoms with van der Waals surface area (Å²) in [5.74, 6) is -0.0779. The van der Waals surface area contributed by atoms with Gasteiger partial charge in [-0.25, -0.2) is 0 Å². The molecule has 0 fully saturated rings. The third kappa shape index (κ3) is 4.15. The number of rotatable bonds is 5. The molecule has 1 amide bonds. The minimum Gasteiger partial charge on any atom is -0.377 e. The van der Waals surface area contributed by atoms with E-state index < -0.39 is 21.2 Å². The van der Waals surface area contributed by atoms with Crippen molar-refractivity contribution in [3.8, 4) is 11.5 Å². The summed E-state index contributed by atoms with van der Waals surface area (Å²) in [7, 11) is -1.55. The van der Waals surface area contributed by atoms with E-state index in [1.165, 1.54) is 13.8 Å². The summed E-state index contributed by atoms with van der Waals surface area (Å²) in [6.45, 7) is 9.90. The van der Waals surface area contributed by atoms with Gasteiger partial charge in [0.05, 0.1) is 18.9 Å². The topological polar surface area (TPSA) is 138 Å². The van der Waals surface area contributed by atoms with Crippen LogP contribution in [-0.4, -0.2) is 57.9 Å². The lowest BCUT2D eigenvalue weighted by molar-refractivity contribution is -0.118. The molecule has 0 atom stereocenters. The van der Waals surface area contributed by atoms with Crippen LogP contribution in [0.15, 0.2) is 17.0 Å². The van der Waals surface area contributed by atoms with Crippen LogP contribution in [0.5, 0.6) is 0 Å². The summed E-state index contributed by atoms with van der Waals surface area (Å²) in [4.78, 5) is 17.7. The lowest BCUT2D eigenvalue weighted by Gasteiger charge is -2.47. The highest BCUT2D eigenvalue weighted by molar-refractivity contribution is 8.29. The first kappa shape index (κ1) is 22.5. The number of aryl methyl sites for hydroxylation is 1. The van der Waals surface area contributed by atoms with Gasteiger partial charge in [-0.15, -0.1) is 5.10 Å². The average Bonchev–Trinajstić information content (AvgIpc) is 3.28. The van der Waals surface area contributed by atoms with Gasteiger partial charge in [-0.05, 0) is 26.0 Å². The van der Waals surface area contributed by atoms with Crippen molar-refractivity contribution in [3.63, 3.8) is 0 Å². The maximum atomic E-state index is 12.9. The summed E-state index contributed by atoms with van der Waals surface area (Å²) in [6.07, 6.45) is 2.01. The van der Waals surface area contributed by atoms with E-state index in [0.717, 1.165) is 11.4 Å². The molecule has 10 nitrogen and oxygen atoms in total. The molecule has 3 heterocycles. The van der Waals surface area contributed by atoms with E-state index >= 15 is 0 Å². The zero-order valence-corrected chi connectivity index (χ0v) is 19.0. The molecule has 0 aromatic carbocycles. The van der Waals surface area contributed by atoms with E-state index in [-0.39, 0.29) is 11.4 Å². The molecule has 11 heteroatoms. The predicted octanol–water partition coefficient (Wildman–Crippen LogP) is 3.27. The molecule has 30 heavy (non-hydrogen) atoms. The van der Waals surface area contributed by atoms with Gasteiger partial charge < -0.3 is 4.74 Å². The molecule has 1 aliphatic rings. The van der Waals surface area contributed by atoms with Gasteiger partial charge in [0, 0.05) is 23.8 Å². The smallest absolute Gasteiger partial charge is 0.252 e. The molecule has 0 aliphatic carbocycles. The molecule has 166 valence electrons. The SMILES string of the molecule is Cn1nc(C(C)(C)C)cc1-c1nc(NC(=O)C(C)(C)S(O)(O)C2=CCOCC2)n[nH]1. The van der Waals surface area contributed by atoms with Gasteiger partial charge in [-0.3, -0.25) is 29.0 Å². The number of ether oxygens (including phenoxy) is 1. The molecule has 4 N–H and O–H groups in total. The van der Waals surface area contributed by atoms with Gasteiger partial charge in [0.15, 0.2) is 5.82 Å². The van der Waals surface area contributed by atoms with E-state index in [1.54, 1.807) is 10.8 Å². The van der Waals surface area contributed by atoms with Gasteiger partial charge >= 0.3 is 0 Å². The number of carbonyl (C=O) groups excluding carboxylic acids is 1. The number of aromatic amines is 1. The quantitative estimate of drug-likeness (QED) is 0.562. The molecule has 1 aliphatic heterocycles. The summed E-state index contributed by atoms with van der Waals surface area (Å²) in [5, 5.41) is 14.0. The zero-order valence-electron chi connectivity index (χ0n) is 18.2. The monoisotopic (exact) mass is 438 g/mol. The number of hydrogen-bond acceptors (Lipinski definition) is 7. The molecule has 3 rings (SSSR count). The van der Waals surface area contributed by atoms with Crippen LogP contribution in [0.2, 0.25) is 0 Å². The summed E-state index contributed by atoms with van der Waals surface area (Å²) >= 11 is 0. The Kier molecular flexibility index (Phi) is 5.84. The standard InChI is InChI=1S/C19H30N6O4S/c1-18(2,3)14-11-13(25(6)24-14)15-20-17(23-22-15)21-16(26)19(4,5)30(27,28)12-7-9-29-10-8-12/h7,11,27-28H,8-10H2,1-6H3,(H2,20,21,22,23,26). The van der Waals surface area contributed by atoms with Crippen LogP contribution < -0.4 is 5.32 Å². The molecule has 0 spiro atoms.